The molecule has 146 valence electrons. The predicted octanol–water partition coefficient (Wildman–Crippen LogP) is 5.93. The molecular formula is C22H20Cl2O4. The molecule has 0 heterocycles. The van der Waals surface area contributed by atoms with Crippen LogP contribution >= 0.6 is 23.2 Å². The van der Waals surface area contributed by atoms with Gasteiger partial charge in [-0.05, 0) is 47.6 Å². The Bertz CT molecular complexity index is 927. The average molecular weight is 419 g/mol. The fourth-order valence-corrected chi connectivity index (χ4v) is 3.93. The molecule has 0 radical (unpaired) electrons. The number of halogens is 2. The monoisotopic (exact) mass is 418 g/mol. The Kier molecular flexibility index (Phi) is 6.01. The first-order valence-electron chi connectivity index (χ1n) is 8.77. The molecule has 0 saturated carbocycles. The van der Waals surface area contributed by atoms with E-state index in [-0.39, 0.29) is 11.2 Å². The Hall–Kier alpha value is -2.43. The lowest BCUT2D eigenvalue weighted by atomic mass is 9.74. The molecule has 1 aliphatic carbocycles. The molecule has 0 bridgehead atoms. The molecular weight excluding hydrogens is 399 g/mol. The smallest absolute Gasteiger partial charge is 0.341 e. The van der Waals surface area contributed by atoms with E-state index in [1.807, 2.05) is 36.4 Å². The highest BCUT2D eigenvalue weighted by molar-refractivity contribution is 6.36. The summed E-state index contributed by atoms with van der Waals surface area (Å²) in [5.41, 5.74) is 2.31. The number of hydrogen-bond acceptors (Lipinski definition) is 3. The number of carboxylic acids is 1. The Morgan fingerprint density at radius 1 is 1.18 bits per heavy atom. The molecule has 0 amide bonds. The van der Waals surface area contributed by atoms with E-state index in [2.05, 4.69) is 6.92 Å². The third kappa shape index (κ3) is 4.70. The Morgan fingerprint density at radius 2 is 1.82 bits per heavy atom. The van der Waals surface area contributed by atoms with Crippen molar-refractivity contribution in [2.24, 2.45) is 5.41 Å². The summed E-state index contributed by atoms with van der Waals surface area (Å²) < 4.78 is 5.17. The highest BCUT2D eigenvalue weighted by atomic mass is 35.5. The van der Waals surface area contributed by atoms with Crippen molar-refractivity contribution in [3.63, 3.8) is 0 Å². The van der Waals surface area contributed by atoms with E-state index in [0.29, 0.717) is 28.6 Å². The average Bonchev–Trinajstić information content (AvgIpc) is 2.66. The number of carboxylic acid groups (broad SMARTS) is 1. The van der Waals surface area contributed by atoms with Crippen LogP contribution in [0.5, 0.6) is 5.75 Å². The second-order valence-corrected chi connectivity index (χ2v) is 7.93. The molecule has 2 N–H and O–H groups in total. The maximum absolute atomic E-state index is 10.7. The van der Waals surface area contributed by atoms with E-state index in [1.54, 1.807) is 18.2 Å². The number of ether oxygens (including phenoxy) is 1. The van der Waals surface area contributed by atoms with Gasteiger partial charge in [-0.1, -0.05) is 66.5 Å². The van der Waals surface area contributed by atoms with Crippen LogP contribution in [0.3, 0.4) is 0 Å². The van der Waals surface area contributed by atoms with Crippen LogP contribution in [0.25, 0.3) is 5.57 Å². The van der Waals surface area contributed by atoms with Crippen molar-refractivity contribution in [1.82, 2.24) is 0 Å². The van der Waals surface area contributed by atoms with Gasteiger partial charge in [-0.2, -0.15) is 0 Å². The third-order valence-corrected chi connectivity index (χ3v) is 5.39. The van der Waals surface area contributed by atoms with Crippen molar-refractivity contribution >= 4 is 34.7 Å². The number of aliphatic hydroxyl groups is 1. The largest absolute Gasteiger partial charge is 0.508 e. The lowest BCUT2D eigenvalue weighted by Gasteiger charge is -2.31. The van der Waals surface area contributed by atoms with Gasteiger partial charge in [-0.25, -0.2) is 4.79 Å². The third-order valence-electron chi connectivity index (χ3n) is 4.71. The standard InChI is InChI=1S/C22H20Cl2O4/c1-22(8-7-20(25)16(11-22)14-5-3-2-4-6-14)12-17-18(23)9-15(10-19(17)24)28-13-21(26)27/h2-10,25H,11-13H2,1H3,(H,26,27). The molecule has 4 nitrogen and oxygen atoms in total. The minimum atomic E-state index is -1.07. The molecule has 3 rings (SSSR count). The molecule has 0 spiro atoms. The highest BCUT2D eigenvalue weighted by Crippen LogP contribution is 2.43. The fourth-order valence-electron chi connectivity index (χ4n) is 3.33. The summed E-state index contributed by atoms with van der Waals surface area (Å²) in [4.78, 5) is 10.7. The molecule has 2 aromatic rings. The van der Waals surface area contributed by atoms with Crippen LogP contribution in [0.15, 0.2) is 60.4 Å². The maximum Gasteiger partial charge on any atom is 0.341 e. The highest BCUT2D eigenvalue weighted by Gasteiger charge is 2.30. The lowest BCUT2D eigenvalue weighted by molar-refractivity contribution is -0.139. The summed E-state index contributed by atoms with van der Waals surface area (Å²) in [6.45, 7) is 1.62. The van der Waals surface area contributed by atoms with Gasteiger partial charge in [0.2, 0.25) is 0 Å². The molecule has 2 aromatic carbocycles. The van der Waals surface area contributed by atoms with Crippen molar-refractivity contribution in [3.8, 4) is 5.75 Å². The van der Waals surface area contributed by atoms with Gasteiger partial charge in [-0.15, -0.1) is 0 Å². The fraction of sp³-hybridized carbons (Fsp3) is 0.227. The SMILES string of the molecule is CC1(Cc2c(Cl)cc(OCC(=O)O)cc2Cl)C=CC(O)=C(c2ccccc2)C1. The summed E-state index contributed by atoms with van der Waals surface area (Å²) in [7, 11) is 0. The first kappa shape index (κ1) is 20.3. The molecule has 0 aliphatic heterocycles. The zero-order valence-corrected chi connectivity index (χ0v) is 16.8. The van der Waals surface area contributed by atoms with Crippen LogP contribution in [0.2, 0.25) is 10.0 Å². The normalized spacial score (nSPS) is 19.0. The molecule has 1 atom stereocenters. The second-order valence-electron chi connectivity index (χ2n) is 7.12. The number of hydrogen-bond donors (Lipinski definition) is 2. The second kappa shape index (κ2) is 8.29. The number of rotatable bonds is 6. The summed E-state index contributed by atoms with van der Waals surface area (Å²) >= 11 is 12.8. The van der Waals surface area contributed by atoms with E-state index >= 15 is 0 Å². The summed E-state index contributed by atoms with van der Waals surface area (Å²) in [6.07, 6.45) is 4.88. The van der Waals surface area contributed by atoms with Crippen LogP contribution in [0.4, 0.5) is 0 Å². The van der Waals surface area contributed by atoms with Crippen LogP contribution in [0, 0.1) is 5.41 Å². The summed E-state index contributed by atoms with van der Waals surface area (Å²) in [5, 5.41) is 19.9. The van der Waals surface area contributed by atoms with E-state index in [9.17, 15) is 9.90 Å². The van der Waals surface area contributed by atoms with Crippen molar-refractivity contribution in [2.75, 3.05) is 6.61 Å². The van der Waals surface area contributed by atoms with Crippen molar-refractivity contribution in [3.05, 3.63) is 81.5 Å². The van der Waals surface area contributed by atoms with Crippen LogP contribution < -0.4 is 4.74 Å². The van der Waals surface area contributed by atoms with Crippen molar-refractivity contribution < 1.29 is 19.7 Å². The van der Waals surface area contributed by atoms with Gasteiger partial charge in [0.15, 0.2) is 6.61 Å². The van der Waals surface area contributed by atoms with Crippen molar-refractivity contribution in [2.45, 2.75) is 19.8 Å². The van der Waals surface area contributed by atoms with Gasteiger partial charge in [0.1, 0.15) is 11.5 Å². The minimum Gasteiger partial charge on any atom is -0.508 e. The Morgan fingerprint density at radius 3 is 2.43 bits per heavy atom. The molecule has 0 fully saturated rings. The van der Waals surface area contributed by atoms with Gasteiger partial charge in [0.25, 0.3) is 0 Å². The Labute approximate surface area is 173 Å². The van der Waals surface area contributed by atoms with Gasteiger partial charge in [0.05, 0.1) is 0 Å². The quantitative estimate of drug-likeness (QED) is 0.609. The molecule has 0 saturated heterocycles. The van der Waals surface area contributed by atoms with E-state index in [0.717, 1.165) is 16.7 Å². The van der Waals surface area contributed by atoms with Crippen LogP contribution in [-0.4, -0.2) is 22.8 Å². The minimum absolute atomic E-state index is 0.262. The van der Waals surface area contributed by atoms with Gasteiger partial charge < -0.3 is 14.9 Å². The number of allylic oxidation sites excluding steroid dienone is 3. The number of aliphatic hydroxyl groups excluding tert-OH is 1. The predicted molar refractivity (Wildman–Crippen MR) is 111 cm³/mol. The summed E-state index contributed by atoms with van der Waals surface area (Å²) in [6, 6.07) is 12.9. The zero-order valence-electron chi connectivity index (χ0n) is 15.3. The zero-order chi connectivity index (χ0) is 20.3. The van der Waals surface area contributed by atoms with E-state index < -0.39 is 12.6 Å². The number of carbonyl (C=O) groups is 1. The van der Waals surface area contributed by atoms with Gasteiger partial charge in [-0.3, -0.25) is 0 Å². The van der Waals surface area contributed by atoms with E-state index in [1.165, 1.54) is 0 Å². The van der Waals surface area contributed by atoms with Gasteiger partial charge >= 0.3 is 5.97 Å². The van der Waals surface area contributed by atoms with Gasteiger partial charge in [0, 0.05) is 15.6 Å². The Balaban J connectivity index is 1.84. The molecule has 28 heavy (non-hydrogen) atoms. The summed E-state index contributed by atoms with van der Waals surface area (Å²) in [5.74, 6) is -0.498. The topological polar surface area (TPSA) is 66.8 Å². The number of aliphatic carboxylic acids is 1. The molecule has 1 aliphatic rings. The van der Waals surface area contributed by atoms with Crippen molar-refractivity contribution in [1.29, 1.82) is 0 Å². The first-order chi connectivity index (χ1) is 13.3. The number of benzene rings is 2. The lowest BCUT2D eigenvalue weighted by Crippen LogP contribution is -2.21. The van der Waals surface area contributed by atoms with Crippen LogP contribution in [0.1, 0.15) is 24.5 Å². The van der Waals surface area contributed by atoms with Crippen LogP contribution in [-0.2, 0) is 11.2 Å². The van der Waals surface area contributed by atoms with E-state index in [4.69, 9.17) is 33.0 Å². The molecule has 1 unspecified atom stereocenters. The molecule has 0 aromatic heterocycles. The first-order valence-corrected chi connectivity index (χ1v) is 9.52. The maximum atomic E-state index is 10.7. The molecule has 6 heteroatoms.